The number of piperidine rings is 1. The fraction of sp³-hybridized carbons (Fsp3) is 0.944. The number of aliphatic imine (C=N–C) groups is 1. The van der Waals surface area contributed by atoms with Crippen molar-refractivity contribution in [1.82, 2.24) is 15.5 Å². The van der Waals surface area contributed by atoms with Crippen LogP contribution in [0.25, 0.3) is 0 Å². The van der Waals surface area contributed by atoms with Gasteiger partial charge in [0.1, 0.15) is 0 Å². The molecule has 4 nitrogen and oxygen atoms in total. The molecule has 1 fully saturated rings. The SMILES string of the molecule is CCCCC(CC)CNC(=NC)NCC1CCCN(CC)C1.I. The highest BCUT2D eigenvalue weighted by molar-refractivity contribution is 14.0. The van der Waals surface area contributed by atoms with E-state index < -0.39 is 0 Å². The fourth-order valence-electron chi connectivity index (χ4n) is 3.25. The Labute approximate surface area is 161 Å². The Morgan fingerprint density at radius 1 is 1.26 bits per heavy atom. The summed E-state index contributed by atoms with van der Waals surface area (Å²) in [6, 6.07) is 0. The first-order chi connectivity index (χ1) is 10.7. The average Bonchev–Trinajstić information content (AvgIpc) is 2.57. The molecule has 0 bridgehead atoms. The standard InChI is InChI=1S/C18H38N4.HI/c1-5-8-10-16(6-2)13-20-18(19-4)21-14-17-11-9-12-22(7-3)15-17;/h16-17H,5-15H2,1-4H3,(H2,19,20,21);1H. The zero-order valence-corrected chi connectivity index (χ0v) is 18.1. The maximum absolute atomic E-state index is 4.38. The van der Waals surface area contributed by atoms with Crippen molar-refractivity contribution in [3.63, 3.8) is 0 Å². The van der Waals surface area contributed by atoms with Crippen LogP contribution in [0.4, 0.5) is 0 Å². The van der Waals surface area contributed by atoms with Gasteiger partial charge < -0.3 is 15.5 Å². The van der Waals surface area contributed by atoms with Gasteiger partial charge in [-0.05, 0) is 44.2 Å². The number of hydrogen-bond acceptors (Lipinski definition) is 2. The zero-order valence-electron chi connectivity index (χ0n) is 15.7. The molecule has 0 amide bonds. The minimum atomic E-state index is 0. The number of nitrogens with zero attached hydrogens (tertiary/aromatic N) is 2. The summed E-state index contributed by atoms with van der Waals surface area (Å²) >= 11 is 0. The molecule has 1 aliphatic rings. The minimum Gasteiger partial charge on any atom is -0.356 e. The molecule has 2 atom stereocenters. The largest absolute Gasteiger partial charge is 0.356 e. The van der Waals surface area contributed by atoms with Gasteiger partial charge in [-0.25, -0.2) is 0 Å². The summed E-state index contributed by atoms with van der Waals surface area (Å²) in [5.41, 5.74) is 0. The molecule has 0 spiro atoms. The van der Waals surface area contributed by atoms with Crippen molar-refractivity contribution < 1.29 is 0 Å². The summed E-state index contributed by atoms with van der Waals surface area (Å²) in [4.78, 5) is 6.94. The van der Waals surface area contributed by atoms with Crippen LogP contribution in [-0.2, 0) is 0 Å². The Balaban J connectivity index is 0.00000484. The van der Waals surface area contributed by atoms with Gasteiger partial charge in [0.2, 0.25) is 0 Å². The lowest BCUT2D eigenvalue weighted by molar-refractivity contribution is 0.183. The summed E-state index contributed by atoms with van der Waals surface area (Å²) < 4.78 is 0. The van der Waals surface area contributed by atoms with Crippen LogP contribution in [0, 0.1) is 11.8 Å². The molecule has 2 unspecified atom stereocenters. The van der Waals surface area contributed by atoms with E-state index in [2.05, 4.69) is 41.3 Å². The Morgan fingerprint density at radius 3 is 2.65 bits per heavy atom. The van der Waals surface area contributed by atoms with Crippen LogP contribution in [0.2, 0.25) is 0 Å². The number of rotatable bonds is 9. The summed E-state index contributed by atoms with van der Waals surface area (Å²) in [6.45, 7) is 12.6. The fourth-order valence-corrected chi connectivity index (χ4v) is 3.25. The Morgan fingerprint density at radius 2 is 2.04 bits per heavy atom. The van der Waals surface area contributed by atoms with Gasteiger partial charge in [-0.1, -0.05) is 40.0 Å². The van der Waals surface area contributed by atoms with Gasteiger partial charge in [-0.2, -0.15) is 0 Å². The molecule has 0 aromatic rings. The van der Waals surface area contributed by atoms with E-state index >= 15 is 0 Å². The molecular weight excluding hydrogens is 399 g/mol. The molecule has 0 radical (unpaired) electrons. The number of hydrogen-bond donors (Lipinski definition) is 2. The quantitative estimate of drug-likeness (QED) is 0.328. The van der Waals surface area contributed by atoms with E-state index in [1.807, 2.05) is 7.05 Å². The highest BCUT2D eigenvalue weighted by atomic mass is 127. The highest BCUT2D eigenvalue weighted by Crippen LogP contribution is 2.15. The van der Waals surface area contributed by atoms with Gasteiger partial charge in [0, 0.05) is 26.7 Å². The third-order valence-electron chi connectivity index (χ3n) is 4.93. The highest BCUT2D eigenvalue weighted by Gasteiger charge is 2.18. The predicted octanol–water partition coefficient (Wildman–Crippen LogP) is 3.72. The van der Waals surface area contributed by atoms with Crippen LogP contribution < -0.4 is 10.6 Å². The summed E-state index contributed by atoms with van der Waals surface area (Å²) in [5.74, 6) is 2.50. The van der Waals surface area contributed by atoms with E-state index in [-0.39, 0.29) is 24.0 Å². The van der Waals surface area contributed by atoms with E-state index in [0.717, 1.165) is 30.9 Å². The first kappa shape index (κ1) is 23.0. The van der Waals surface area contributed by atoms with Crippen molar-refractivity contribution in [2.24, 2.45) is 16.8 Å². The van der Waals surface area contributed by atoms with Crippen molar-refractivity contribution in [3.05, 3.63) is 0 Å². The van der Waals surface area contributed by atoms with Crippen LogP contribution in [0.1, 0.15) is 59.3 Å². The normalized spacial score (nSPS) is 20.7. The first-order valence-corrected chi connectivity index (χ1v) is 9.40. The average molecular weight is 438 g/mol. The lowest BCUT2D eigenvalue weighted by Crippen LogP contribution is -2.45. The lowest BCUT2D eigenvalue weighted by atomic mass is 9.98. The van der Waals surface area contributed by atoms with Crippen LogP contribution in [0.15, 0.2) is 4.99 Å². The van der Waals surface area contributed by atoms with E-state index in [4.69, 9.17) is 0 Å². The second-order valence-corrected chi connectivity index (χ2v) is 6.65. The topological polar surface area (TPSA) is 39.7 Å². The van der Waals surface area contributed by atoms with Gasteiger partial charge in [0.05, 0.1) is 0 Å². The van der Waals surface area contributed by atoms with Crippen LogP contribution >= 0.6 is 24.0 Å². The van der Waals surface area contributed by atoms with E-state index in [9.17, 15) is 0 Å². The molecule has 138 valence electrons. The van der Waals surface area contributed by atoms with Gasteiger partial charge in [-0.3, -0.25) is 4.99 Å². The van der Waals surface area contributed by atoms with Crippen LogP contribution in [0.5, 0.6) is 0 Å². The minimum absolute atomic E-state index is 0. The predicted molar refractivity (Wildman–Crippen MR) is 113 cm³/mol. The molecule has 1 heterocycles. The number of likely N-dealkylation sites (tertiary alicyclic amines) is 1. The molecule has 0 aromatic carbocycles. The smallest absolute Gasteiger partial charge is 0.190 e. The van der Waals surface area contributed by atoms with Gasteiger partial charge >= 0.3 is 0 Å². The van der Waals surface area contributed by atoms with Crippen LogP contribution in [-0.4, -0.2) is 50.6 Å². The Bertz CT molecular complexity index is 309. The summed E-state index contributed by atoms with van der Waals surface area (Å²) in [6.07, 6.45) is 7.87. The molecular formula is C18H39IN4. The number of halogens is 1. The molecule has 0 aliphatic carbocycles. The third kappa shape index (κ3) is 9.75. The molecule has 1 aliphatic heterocycles. The first-order valence-electron chi connectivity index (χ1n) is 9.40. The van der Waals surface area contributed by atoms with E-state index in [0.29, 0.717) is 0 Å². The van der Waals surface area contributed by atoms with E-state index in [1.165, 1.54) is 58.2 Å². The van der Waals surface area contributed by atoms with Gasteiger partial charge in [0.15, 0.2) is 5.96 Å². The maximum Gasteiger partial charge on any atom is 0.190 e. The van der Waals surface area contributed by atoms with Gasteiger partial charge in [0.25, 0.3) is 0 Å². The van der Waals surface area contributed by atoms with Crippen molar-refractivity contribution in [2.75, 3.05) is 39.8 Å². The third-order valence-corrected chi connectivity index (χ3v) is 4.93. The summed E-state index contributed by atoms with van der Waals surface area (Å²) in [7, 11) is 1.88. The van der Waals surface area contributed by atoms with Crippen molar-refractivity contribution in [3.8, 4) is 0 Å². The number of unbranched alkanes of at least 4 members (excludes halogenated alkanes) is 1. The molecule has 1 saturated heterocycles. The lowest BCUT2D eigenvalue weighted by Gasteiger charge is -2.32. The molecule has 5 heteroatoms. The molecule has 0 aromatic heterocycles. The molecule has 2 N–H and O–H groups in total. The summed E-state index contributed by atoms with van der Waals surface area (Å²) in [5, 5.41) is 7.05. The van der Waals surface area contributed by atoms with Crippen molar-refractivity contribution >= 4 is 29.9 Å². The number of nitrogens with one attached hydrogen (secondary N) is 2. The molecule has 1 rings (SSSR count). The second-order valence-electron chi connectivity index (χ2n) is 6.65. The van der Waals surface area contributed by atoms with Crippen molar-refractivity contribution in [2.45, 2.75) is 59.3 Å². The zero-order chi connectivity index (χ0) is 16.2. The maximum atomic E-state index is 4.38. The Hall–Kier alpha value is -0.0400. The monoisotopic (exact) mass is 438 g/mol. The molecule has 23 heavy (non-hydrogen) atoms. The second kappa shape index (κ2) is 14.3. The number of guanidine groups is 1. The van der Waals surface area contributed by atoms with Crippen LogP contribution in [0.3, 0.4) is 0 Å². The Kier molecular flexibility index (Phi) is 14.3. The van der Waals surface area contributed by atoms with Crippen molar-refractivity contribution in [1.29, 1.82) is 0 Å². The molecule has 0 saturated carbocycles. The van der Waals surface area contributed by atoms with Gasteiger partial charge in [-0.15, -0.1) is 24.0 Å². The van der Waals surface area contributed by atoms with E-state index in [1.54, 1.807) is 0 Å².